The monoisotopic (exact) mass is 228 g/mol. The molecule has 5 heteroatoms. The number of nitrogens with two attached hydrogens (primary N) is 1. The molecule has 1 rings (SSSR count). The molecule has 0 aliphatic heterocycles. The van der Waals surface area contributed by atoms with E-state index < -0.39 is 0 Å². The first-order valence-electron chi connectivity index (χ1n) is 4.96. The van der Waals surface area contributed by atoms with Crippen LogP contribution >= 0.6 is 11.6 Å². The summed E-state index contributed by atoms with van der Waals surface area (Å²) in [6.07, 6.45) is 2.49. The number of hydrogen-bond acceptors (Lipinski definition) is 4. The van der Waals surface area contributed by atoms with Crippen molar-refractivity contribution in [1.82, 2.24) is 9.97 Å². The molecule has 15 heavy (non-hydrogen) atoms. The van der Waals surface area contributed by atoms with Crippen molar-refractivity contribution in [3.63, 3.8) is 0 Å². The van der Waals surface area contributed by atoms with Gasteiger partial charge in [-0.1, -0.05) is 32.4 Å². The van der Waals surface area contributed by atoms with Gasteiger partial charge in [0.25, 0.3) is 0 Å². The standard InChI is InChI=1S/C10H17ClN4/c1-4-10(2,3)5-13-9-7(11)8(12)14-6-15-9/h6H,4-5H2,1-3H3,(H3,12,13,14,15). The summed E-state index contributed by atoms with van der Waals surface area (Å²) in [5, 5.41) is 3.57. The molecule has 0 radical (unpaired) electrons. The molecule has 3 N–H and O–H groups in total. The quantitative estimate of drug-likeness (QED) is 0.832. The molecular formula is C10H17ClN4. The van der Waals surface area contributed by atoms with Gasteiger partial charge in [0.05, 0.1) is 0 Å². The van der Waals surface area contributed by atoms with E-state index in [2.05, 4.69) is 36.1 Å². The SMILES string of the molecule is CCC(C)(C)CNc1ncnc(N)c1Cl. The lowest BCUT2D eigenvalue weighted by molar-refractivity contribution is 0.376. The molecule has 1 aromatic heterocycles. The van der Waals surface area contributed by atoms with E-state index in [-0.39, 0.29) is 5.41 Å². The van der Waals surface area contributed by atoms with Gasteiger partial charge in [-0.2, -0.15) is 0 Å². The fourth-order valence-electron chi connectivity index (χ4n) is 0.955. The Labute approximate surface area is 95.3 Å². The number of rotatable bonds is 4. The van der Waals surface area contributed by atoms with E-state index in [0.29, 0.717) is 16.7 Å². The summed E-state index contributed by atoms with van der Waals surface area (Å²) in [6.45, 7) is 7.31. The van der Waals surface area contributed by atoms with Gasteiger partial charge in [0.2, 0.25) is 0 Å². The third-order valence-corrected chi connectivity index (χ3v) is 2.88. The van der Waals surface area contributed by atoms with Crippen molar-refractivity contribution < 1.29 is 0 Å². The van der Waals surface area contributed by atoms with E-state index in [4.69, 9.17) is 17.3 Å². The highest BCUT2D eigenvalue weighted by Gasteiger charge is 2.16. The normalized spacial score (nSPS) is 11.5. The van der Waals surface area contributed by atoms with Crippen LogP contribution in [0.2, 0.25) is 5.02 Å². The second kappa shape index (κ2) is 4.66. The van der Waals surface area contributed by atoms with Crippen LogP contribution in [0.25, 0.3) is 0 Å². The number of aromatic nitrogens is 2. The largest absolute Gasteiger partial charge is 0.382 e. The van der Waals surface area contributed by atoms with Gasteiger partial charge in [0, 0.05) is 6.54 Å². The van der Waals surface area contributed by atoms with Crippen LogP contribution in [0, 0.1) is 5.41 Å². The highest BCUT2D eigenvalue weighted by Crippen LogP contribution is 2.25. The van der Waals surface area contributed by atoms with E-state index in [1.165, 1.54) is 6.33 Å². The molecule has 0 bridgehead atoms. The predicted octanol–water partition coefficient (Wildman–Crippen LogP) is 2.56. The summed E-state index contributed by atoms with van der Waals surface area (Å²) in [5.74, 6) is 0.911. The molecule has 1 heterocycles. The summed E-state index contributed by atoms with van der Waals surface area (Å²) in [4.78, 5) is 7.84. The average Bonchev–Trinajstić information content (AvgIpc) is 2.20. The van der Waals surface area contributed by atoms with Crippen molar-refractivity contribution in [2.45, 2.75) is 27.2 Å². The fourth-order valence-corrected chi connectivity index (χ4v) is 1.12. The first kappa shape index (κ1) is 12.0. The molecule has 0 aliphatic rings. The maximum atomic E-state index is 5.95. The van der Waals surface area contributed by atoms with Crippen molar-refractivity contribution in [3.05, 3.63) is 11.3 Å². The lowest BCUT2D eigenvalue weighted by atomic mass is 9.90. The molecule has 1 aromatic rings. The van der Waals surface area contributed by atoms with Crippen molar-refractivity contribution in [2.75, 3.05) is 17.6 Å². The van der Waals surface area contributed by atoms with Crippen molar-refractivity contribution >= 4 is 23.2 Å². The molecule has 4 nitrogen and oxygen atoms in total. The van der Waals surface area contributed by atoms with Crippen LogP contribution in [0.1, 0.15) is 27.2 Å². The molecule has 0 saturated carbocycles. The molecule has 0 amide bonds. The Morgan fingerprint density at radius 1 is 1.47 bits per heavy atom. The Bertz CT molecular complexity index is 338. The van der Waals surface area contributed by atoms with Gasteiger partial charge in [-0.05, 0) is 11.8 Å². The lowest BCUT2D eigenvalue weighted by Gasteiger charge is -2.23. The summed E-state index contributed by atoms with van der Waals surface area (Å²) in [7, 11) is 0. The summed E-state index contributed by atoms with van der Waals surface area (Å²) >= 11 is 5.95. The van der Waals surface area contributed by atoms with Crippen LogP contribution in [0.5, 0.6) is 0 Å². The van der Waals surface area contributed by atoms with E-state index in [1.807, 2.05) is 0 Å². The number of nitrogen functional groups attached to an aromatic ring is 1. The van der Waals surface area contributed by atoms with E-state index in [1.54, 1.807) is 0 Å². The third kappa shape index (κ3) is 3.23. The highest BCUT2D eigenvalue weighted by atomic mass is 35.5. The van der Waals surface area contributed by atoms with Gasteiger partial charge in [0.15, 0.2) is 0 Å². The number of halogens is 1. The Morgan fingerprint density at radius 3 is 2.73 bits per heavy atom. The minimum atomic E-state index is 0.211. The molecule has 84 valence electrons. The predicted molar refractivity (Wildman–Crippen MR) is 64.0 cm³/mol. The Morgan fingerprint density at radius 2 is 2.13 bits per heavy atom. The van der Waals surface area contributed by atoms with Crippen molar-refractivity contribution in [2.24, 2.45) is 5.41 Å². The number of anilines is 2. The lowest BCUT2D eigenvalue weighted by Crippen LogP contribution is -2.22. The molecule has 0 unspecified atom stereocenters. The van der Waals surface area contributed by atoms with E-state index in [9.17, 15) is 0 Å². The minimum absolute atomic E-state index is 0.211. The van der Waals surface area contributed by atoms with Crippen LogP contribution in [-0.2, 0) is 0 Å². The molecule has 0 atom stereocenters. The average molecular weight is 229 g/mol. The Kier molecular flexibility index (Phi) is 3.74. The minimum Gasteiger partial charge on any atom is -0.382 e. The maximum absolute atomic E-state index is 5.95. The van der Waals surface area contributed by atoms with Gasteiger partial charge in [-0.15, -0.1) is 0 Å². The first-order valence-corrected chi connectivity index (χ1v) is 5.34. The van der Waals surface area contributed by atoms with Crippen LogP contribution in [0.3, 0.4) is 0 Å². The molecule has 0 spiro atoms. The van der Waals surface area contributed by atoms with Crippen LogP contribution in [0.15, 0.2) is 6.33 Å². The zero-order valence-corrected chi connectivity index (χ0v) is 10.1. The van der Waals surface area contributed by atoms with E-state index >= 15 is 0 Å². The van der Waals surface area contributed by atoms with Gasteiger partial charge in [0.1, 0.15) is 23.0 Å². The second-order valence-electron chi connectivity index (χ2n) is 4.29. The first-order chi connectivity index (χ1) is 6.96. The molecule has 0 fully saturated rings. The second-order valence-corrected chi connectivity index (χ2v) is 4.67. The van der Waals surface area contributed by atoms with Crippen LogP contribution < -0.4 is 11.1 Å². The zero-order valence-electron chi connectivity index (χ0n) is 9.34. The summed E-state index contributed by atoms with van der Waals surface area (Å²) in [5.41, 5.74) is 5.78. The number of hydrogen-bond donors (Lipinski definition) is 2. The third-order valence-electron chi connectivity index (χ3n) is 2.51. The zero-order chi connectivity index (χ0) is 11.5. The van der Waals surface area contributed by atoms with Gasteiger partial charge >= 0.3 is 0 Å². The summed E-state index contributed by atoms with van der Waals surface area (Å²) in [6, 6.07) is 0. The molecular weight excluding hydrogens is 212 g/mol. The Balaban J connectivity index is 2.70. The molecule has 0 aromatic carbocycles. The van der Waals surface area contributed by atoms with Gasteiger partial charge in [-0.25, -0.2) is 9.97 Å². The Hall–Kier alpha value is -1.03. The number of nitrogens with zero attached hydrogens (tertiary/aromatic N) is 2. The topological polar surface area (TPSA) is 63.8 Å². The molecule has 0 saturated heterocycles. The van der Waals surface area contributed by atoms with Crippen LogP contribution in [0.4, 0.5) is 11.6 Å². The van der Waals surface area contributed by atoms with Gasteiger partial charge in [-0.3, -0.25) is 0 Å². The van der Waals surface area contributed by atoms with Crippen LogP contribution in [-0.4, -0.2) is 16.5 Å². The number of nitrogens with one attached hydrogen (secondary N) is 1. The summed E-state index contributed by atoms with van der Waals surface area (Å²) < 4.78 is 0. The van der Waals surface area contributed by atoms with E-state index in [0.717, 1.165) is 13.0 Å². The highest BCUT2D eigenvalue weighted by molar-refractivity contribution is 6.35. The van der Waals surface area contributed by atoms with Crippen molar-refractivity contribution in [1.29, 1.82) is 0 Å². The smallest absolute Gasteiger partial charge is 0.150 e. The molecule has 0 aliphatic carbocycles. The fraction of sp³-hybridized carbons (Fsp3) is 0.600. The van der Waals surface area contributed by atoms with Gasteiger partial charge < -0.3 is 11.1 Å². The maximum Gasteiger partial charge on any atom is 0.150 e. The van der Waals surface area contributed by atoms with Crippen molar-refractivity contribution in [3.8, 4) is 0 Å².